The van der Waals surface area contributed by atoms with Crippen molar-refractivity contribution in [3.63, 3.8) is 0 Å². The molecule has 0 unspecified atom stereocenters. The molecule has 0 atom stereocenters. The molecule has 0 saturated heterocycles. The first kappa shape index (κ1) is 16.6. The van der Waals surface area contributed by atoms with E-state index >= 15 is 0 Å². The van der Waals surface area contributed by atoms with Gasteiger partial charge in [0.05, 0.1) is 6.61 Å². The molecule has 2 aromatic carbocycles. The van der Waals surface area contributed by atoms with Gasteiger partial charge in [0.25, 0.3) is 0 Å². The van der Waals surface area contributed by atoms with E-state index in [-0.39, 0.29) is 18.2 Å². The minimum Gasteiger partial charge on any atom is -0.463 e. The van der Waals surface area contributed by atoms with Crippen LogP contribution in [0.4, 0.5) is 8.78 Å². The number of hydrogen-bond acceptors (Lipinski definition) is 2. The number of carbonyl (C=O) groups excluding carboxylic acids is 1. The first-order valence-corrected chi connectivity index (χ1v) is 7.17. The monoisotopic (exact) mass is 314 g/mol. The molecular weight excluding hydrogens is 298 g/mol. The smallest absolute Gasteiger partial charge is 0.330 e. The van der Waals surface area contributed by atoms with Gasteiger partial charge in [-0.25, -0.2) is 13.6 Å². The molecule has 2 nitrogen and oxygen atoms in total. The van der Waals surface area contributed by atoms with Crippen LogP contribution < -0.4 is 0 Å². The van der Waals surface area contributed by atoms with Gasteiger partial charge >= 0.3 is 5.97 Å². The number of esters is 1. The molecule has 0 radical (unpaired) electrons. The Kier molecular flexibility index (Phi) is 5.80. The van der Waals surface area contributed by atoms with Gasteiger partial charge in [-0.05, 0) is 47.9 Å². The number of allylic oxidation sites excluding steroid dienone is 2. The largest absolute Gasteiger partial charge is 0.463 e. The van der Waals surface area contributed by atoms with Crippen molar-refractivity contribution >= 4 is 11.5 Å². The molecule has 2 aromatic rings. The predicted molar refractivity (Wildman–Crippen MR) is 85.7 cm³/mol. The Hall–Kier alpha value is -2.75. The number of carbonyl (C=O) groups is 1. The van der Waals surface area contributed by atoms with Gasteiger partial charge in [-0.3, -0.25) is 0 Å². The Morgan fingerprint density at radius 2 is 1.61 bits per heavy atom. The zero-order valence-electron chi connectivity index (χ0n) is 12.6. The van der Waals surface area contributed by atoms with E-state index in [0.717, 1.165) is 0 Å². The van der Waals surface area contributed by atoms with Crippen LogP contribution in [-0.4, -0.2) is 12.6 Å². The summed E-state index contributed by atoms with van der Waals surface area (Å²) in [5.74, 6) is -1.25. The molecule has 2 rings (SSSR count). The predicted octanol–water partition coefficient (Wildman–Crippen LogP) is 4.52. The molecule has 0 aliphatic rings. The number of hydrogen-bond donors (Lipinski definition) is 0. The zero-order valence-corrected chi connectivity index (χ0v) is 12.6. The summed E-state index contributed by atoms with van der Waals surface area (Å²) in [6, 6.07) is 12.0. The third-order valence-corrected chi connectivity index (χ3v) is 3.05. The van der Waals surface area contributed by atoms with E-state index in [9.17, 15) is 13.6 Å². The van der Waals surface area contributed by atoms with Crippen LogP contribution in [0.25, 0.3) is 5.57 Å². The van der Waals surface area contributed by atoms with Gasteiger partial charge in [0.1, 0.15) is 11.6 Å². The highest BCUT2D eigenvalue weighted by Crippen LogP contribution is 2.24. The summed E-state index contributed by atoms with van der Waals surface area (Å²) in [5, 5.41) is 0. The van der Waals surface area contributed by atoms with Crippen LogP contribution in [0.15, 0.2) is 66.8 Å². The SMILES string of the molecule is CCOC(=O)C=CC=C(c1cccc(F)c1)c1cccc(F)c1. The topological polar surface area (TPSA) is 26.3 Å². The Morgan fingerprint density at radius 3 is 2.09 bits per heavy atom. The van der Waals surface area contributed by atoms with Crippen LogP contribution in [-0.2, 0) is 9.53 Å². The first-order chi connectivity index (χ1) is 11.1. The average molecular weight is 314 g/mol. The van der Waals surface area contributed by atoms with E-state index in [1.54, 1.807) is 37.3 Å². The highest BCUT2D eigenvalue weighted by Gasteiger charge is 2.06. The van der Waals surface area contributed by atoms with Crippen LogP contribution in [0, 0.1) is 11.6 Å². The minimum atomic E-state index is -0.471. The van der Waals surface area contributed by atoms with Crippen molar-refractivity contribution in [2.24, 2.45) is 0 Å². The molecule has 4 heteroatoms. The van der Waals surface area contributed by atoms with Gasteiger partial charge in [-0.1, -0.05) is 36.4 Å². The quantitative estimate of drug-likeness (QED) is 0.461. The van der Waals surface area contributed by atoms with E-state index in [2.05, 4.69) is 0 Å². The molecule has 0 aromatic heterocycles. The lowest BCUT2D eigenvalue weighted by molar-refractivity contribution is -0.137. The number of benzene rings is 2. The van der Waals surface area contributed by atoms with Crippen LogP contribution in [0.3, 0.4) is 0 Å². The lowest BCUT2D eigenvalue weighted by Gasteiger charge is -2.08. The van der Waals surface area contributed by atoms with Crippen molar-refractivity contribution in [1.82, 2.24) is 0 Å². The summed E-state index contributed by atoms with van der Waals surface area (Å²) in [5.41, 5.74) is 1.78. The third-order valence-electron chi connectivity index (χ3n) is 3.05. The van der Waals surface area contributed by atoms with Crippen LogP contribution in [0.2, 0.25) is 0 Å². The lowest BCUT2D eigenvalue weighted by atomic mass is 9.97. The van der Waals surface area contributed by atoms with Gasteiger partial charge in [0, 0.05) is 6.08 Å². The highest BCUT2D eigenvalue weighted by molar-refractivity contribution is 5.85. The lowest BCUT2D eigenvalue weighted by Crippen LogP contribution is -1.98. The van der Waals surface area contributed by atoms with Crippen molar-refractivity contribution in [1.29, 1.82) is 0 Å². The van der Waals surface area contributed by atoms with Gasteiger partial charge in [-0.15, -0.1) is 0 Å². The van der Waals surface area contributed by atoms with Crippen molar-refractivity contribution in [2.75, 3.05) is 6.61 Å². The zero-order chi connectivity index (χ0) is 16.7. The molecule has 0 N–H and O–H groups in total. The second kappa shape index (κ2) is 8.03. The van der Waals surface area contributed by atoms with Gasteiger partial charge in [0.2, 0.25) is 0 Å². The molecule has 118 valence electrons. The maximum Gasteiger partial charge on any atom is 0.330 e. The maximum atomic E-state index is 13.5. The standard InChI is InChI=1S/C19H16F2O2/c1-2-23-19(22)11-5-10-18(14-6-3-8-16(20)12-14)15-7-4-9-17(21)13-15/h3-13H,2H2,1H3. The molecule has 0 heterocycles. The summed E-state index contributed by atoms with van der Waals surface area (Å²) >= 11 is 0. The summed E-state index contributed by atoms with van der Waals surface area (Å²) < 4.78 is 31.8. The van der Waals surface area contributed by atoms with E-state index < -0.39 is 5.97 Å². The normalized spacial score (nSPS) is 10.6. The summed E-state index contributed by atoms with van der Waals surface area (Å²) in [4.78, 5) is 11.3. The van der Waals surface area contributed by atoms with E-state index in [0.29, 0.717) is 16.7 Å². The van der Waals surface area contributed by atoms with E-state index in [1.807, 2.05) is 0 Å². The van der Waals surface area contributed by atoms with Crippen LogP contribution in [0.5, 0.6) is 0 Å². The van der Waals surface area contributed by atoms with Gasteiger partial charge in [0.15, 0.2) is 0 Å². The van der Waals surface area contributed by atoms with Gasteiger partial charge < -0.3 is 4.74 Å². The second-order valence-electron chi connectivity index (χ2n) is 4.71. The van der Waals surface area contributed by atoms with Crippen molar-refractivity contribution in [2.45, 2.75) is 6.92 Å². The molecule has 23 heavy (non-hydrogen) atoms. The van der Waals surface area contributed by atoms with Crippen LogP contribution in [0.1, 0.15) is 18.1 Å². The third kappa shape index (κ3) is 4.88. The second-order valence-corrected chi connectivity index (χ2v) is 4.71. The molecule has 0 aliphatic carbocycles. The van der Waals surface area contributed by atoms with Crippen molar-refractivity contribution in [3.8, 4) is 0 Å². The molecule has 0 saturated carbocycles. The Bertz CT molecular complexity index is 701. The summed E-state index contributed by atoms with van der Waals surface area (Å²) in [6.45, 7) is 2.00. The Morgan fingerprint density at radius 1 is 1.04 bits per heavy atom. The number of ether oxygens (including phenoxy) is 1. The molecule has 0 aliphatic heterocycles. The number of rotatable bonds is 5. The Balaban J connectivity index is 2.41. The van der Waals surface area contributed by atoms with Crippen LogP contribution >= 0.6 is 0 Å². The molecule has 0 fully saturated rings. The van der Waals surface area contributed by atoms with Crippen molar-refractivity contribution < 1.29 is 18.3 Å². The fraction of sp³-hybridized carbons (Fsp3) is 0.105. The fourth-order valence-electron chi connectivity index (χ4n) is 2.08. The van der Waals surface area contributed by atoms with Crippen molar-refractivity contribution in [3.05, 3.63) is 89.5 Å². The number of halogens is 2. The first-order valence-electron chi connectivity index (χ1n) is 7.17. The molecule has 0 spiro atoms. The maximum absolute atomic E-state index is 13.5. The molecule has 0 bridgehead atoms. The molecular formula is C19H16F2O2. The van der Waals surface area contributed by atoms with Gasteiger partial charge in [-0.2, -0.15) is 0 Å². The minimum absolute atomic E-state index is 0.285. The Labute approximate surface area is 133 Å². The summed E-state index contributed by atoms with van der Waals surface area (Å²) in [7, 11) is 0. The van der Waals surface area contributed by atoms with E-state index in [4.69, 9.17) is 4.74 Å². The van der Waals surface area contributed by atoms with E-state index in [1.165, 1.54) is 36.4 Å². The average Bonchev–Trinajstić information content (AvgIpc) is 2.52. The fourth-order valence-corrected chi connectivity index (χ4v) is 2.08. The summed E-state index contributed by atoms with van der Waals surface area (Å²) in [6.07, 6.45) is 4.39. The highest BCUT2D eigenvalue weighted by atomic mass is 19.1. The molecule has 0 amide bonds.